The quantitative estimate of drug-likeness (QED) is 0.671. The fourth-order valence-electron chi connectivity index (χ4n) is 4.23. The van der Waals surface area contributed by atoms with Crippen molar-refractivity contribution in [2.24, 2.45) is 0 Å². The fourth-order valence-corrected chi connectivity index (χ4v) is 4.23. The van der Waals surface area contributed by atoms with Crippen molar-refractivity contribution in [3.8, 4) is 6.07 Å². The summed E-state index contributed by atoms with van der Waals surface area (Å²) in [7, 11) is 0. The predicted molar refractivity (Wildman–Crippen MR) is 120 cm³/mol. The van der Waals surface area contributed by atoms with Gasteiger partial charge in [-0.15, -0.1) is 0 Å². The second-order valence-corrected chi connectivity index (χ2v) is 8.16. The number of aromatic nitrogens is 2. The average molecular weight is 424 g/mol. The Morgan fingerprint density at radius 3 is 2.77 bits per heavy atom. The Labute approximate surface area is 185 Å². The highest BCUT2D eigenvalue weighted by Crippen LogP contribution is 2.22. The van der Waals surface area contributed by atoms with Gasteiger partial charge >= 0.3 is 0 Å². The molecule has 1 aliphatic rings. The zero-order chi connectivity index (χ0) is 22.2. The molecule has 0 saturated carbocycles. The Balaban J connectivity index is 1.60. The van der Waals surface area contributed by atoms with E-state index in [2.05, 4.69) is 52.6 Å². The van der Waals surface area contributed by atoms with Crippen LogP contribution in [-0.2, 0) is 22.5 Å². The molecule has 3 rings (SSSR count). The molecule has 1 aliphatic heterocycles. The van der Waals surface area contributed by atoms with Crippen LogP contribution in [0.2, 0.25) is 0 Å². The van der Waals surface area contributed by atoms with Crippen LogP contribution in [-0.4, -0.2) is 53.4 Å². The van der Waals surface area contributed by atoms with E-state index in [4.69, 9.17) is 10.00 Å². The summed E-state index contributed by atoms with van der Waals surface area (Å²) in [6.07, 6.45) is 1.52. The minimum atomic E-state index is 0.0505. The van der Waals surface area contributed by atoms with Crippen LogP contribution >= 0.6 is 0 Å². The number of carbonyl (C=O) groups is 1. The van der Waals surface area contributed by atoms with Gasteiger partial charge in [0, 0.05) is 31.7 Å². The van der Waals surface area contributed by atoms with Crippen LogP contribution in [0.3, 0.4) is 0 Å². The van der Waals surface area contributed by atoms with E-state index in [1.54, 1.807) is 0 Å². The third-order valence-electron chi connectivity index (χ3n) is 5.97. The van der Waals surface area contributed by atoms with Crippen LogP contribution in [0.15, 0.2) is 24.3 Å². The number of benzene rings is 1. The van der Waals surface area contributed by atoms with E-state index in [9.17, 15) is 4.79 Å². The Hall–Kier alpha value is -2.69. The molecule has 1 aromatic carbocycles. The smallest absolute Gasteiger partial charge is 0.220 e. The van der Waals surface area contributed by atoms with Gasteiger partial charge in [0.05, 0.1) is 44.0 Å². The highest BCUT2D eigenvalue weighted by molar-refractivity contribution is 5.76. The second-order valence-electron chi connectivity index (χ2n) is 8.16. The lowest BCUT2D eigenvalue weighted by Gasteiger charge is -2.35. The number of morpholine rings is 1. The van der Waals surface area contributed by atoms with Gasteiger partial charge in [-0.05, 0) is 38.3 Å². The summed E-state index contributed by atoms with van der Waals surface area (Å²) < 4.78 is 7.39. The highest BCUT2D eigenvalue weighted by atomic mass is 16.5. The summed E-state index contributed by atoms with van der Waals surface area (Å²) in [5, 5.41) is 16.5. The van der Waals surface area contributed by atoms with Crippen LogP contribution in [0.1, 0.15) is 47.0 Å². The molecule has 1 saturated heterocycles. The van der Waals surface area contributed by atoms with Gasteiger partial charge in [-0.3, -0.25) is 14.4 Å². The van der Waals surface area contributed by atoms with Crippen molar-refractivity contribution in [1.29, 1.82) is 5.26 Å². The van der Waals surface area contributed by atoms with Gasteiger partial charge in [-0.1, -0.05) is 29.8 Å². The number of ether oxygens (including phenoxy) is 1. The monoisotopic (exact) mass is 423 g/mol. The molecule has 1 amide bonds. The lowest BCUT2D eigenvalue weighted by Crippen LogP contribution is -2.43. The summed E-state index contributed by atoms with van der Waals surface area (Å²) in [4.78, 5) is 15.1. The molecule has 1 fully saturated rings. The molecule has 2 heterocycles. The van der Waals surface area contributed by atoms with E-state index in [0.29, 0.717) is 32.4 Å². The lowest BCUT2D eigenvalue weighted by molar-refractivity contribution is -0.121. The molecule has 166 valence electrons. The number of carbonyl (C=O) groups excluding carboxylic acids is 1. The normalized spacial score (nSPS) is 15.4. The summed E-state index contributed by atoms with van der Waals surface area (Å²) in [6, 6.07) is 10.8. The van der Waals surface area contributed by atoms with Crippen molar-refractivity contribution in [1.82, 2.24) is 20.0 Å². The van der Waals surface area contributed by atoms with Gasteiger partial charge in [0.2, 0.25) is 5.91 Å². The van der Waals surface area contributed by atoms with Crippen molar-refractivity contribution in [2.45, 2.75) is 52.6 Å². The Morgan fingerprint density at radius 1 is 1.29 bits per heavy atom. The van der Waals surface area contributed by atoms with Crippen LogP contribution < -0.4 is 5.32 Å². The molecule has 1 N–H and O–H groups in total. The molecular weight excluding hydrogens is 390 g/mol. The number of aryl methyl sites for hydroxylation is 3. The van der Waals surface area contributed by atoms with E-state index in [1.807, 2.05) is 18.5 Å². The van der Waals surface area contributed by atoms with E-state index < -0.39 is 0 Å². The third kappa shape index (κ3) is 6.16. The summed E-state index contributed by atoms with van der Waals surface area (Å²) in [6.45, 7) is 10.4. The molecule has 7 nitrogen and oxygen atoms in total. The van der Waals surface area contributed by atoms with Crippen molar-refractivity contribution < 1.29 is 9.53 Å². The molecule has 7 heteroatoms. The van der Waals surface area contributed by atoms with Gasteiger partial charge < -0.3 is 10.1 Å². The average Bonchev–Trinajstić information content (AvgIpc) is 3.04. The molecule has 0 spiro atoms. The first-order valence-electron chi connectivity index (χ1n) is 11.0. The number of hydrogen-bond donors (Lipinski definition) is 1. The number of nitrogens with one attached hydrogen (secondary N) is 1. The maximum atomic E-state index is 12.7. The largest absolute Gasteiger partial charge is 0.379 e. The maximum Gasteiger partial charge on any atom is 0.220 e. The van der Waals surface area contributed by atoms with Crippen LogP contribution in [0.25, 0.3) is 0 Å². The first-order valence-corrected chi connectivity index (χ1v) is 11.0. The van der Waals surface area contributed by atoms with E-state index in [0.717, 1.165) is 43.3 Å². The minimum absolute atomic E-state index is 0.0505. The zero-order valence-electron chi connectivity index (χ0n) is 18.9. The first-order chi connectivity index (χ1) is 15.0. The molecule has 1 atom stereocenters. The first kappa shape index (κ1) is 23.0. The van der Waals surface area contributed by atoms with E-state index in [-0.39, 0.29) is 11.9 Å². The van der Waals surface area contributed by atoms with Gasteiger partial charge in [-0.25, -0.2) is 0 Å². The van der Waals surface area contributed by atoms with Gasteiger partial charge in [-0.2, -0.15) is 10.4 Å². The molecule has 0 aliphatic carbocycles. The lowest BCUT2D eigenvalue weighted by atomic mass is 10.0. The predicted octanol–water partition coefficient (Wildman–Crippen LogP) is 2.84. The minimum Gasteiger partial charge on any atom is -0.379 e. The third-order valence-corrected chi connectivity index (χ3v) is 5.97. The number of hydrogen-bond acceptors (Lipinski definition) is 5. The standard InChI is InChI=1S/C24H33N5O2/c1-18-6-4-7-21(16-18)23(28-12-14-31-15-13-28)17-26-24(30)9-8-22-19(2)27-29(20(22)3)11-5-10-25/h4,6-7,16,23H,5,8-9,11-15,17H2,1-3H3,(H,26,30). The SMILES string of the molecule is Cc1cccc(C(CNC(=O)CCc2c(C)nn(CCC#N)c2C)N2CCOCC2)c1. The van der Waals surface area contributed by atoms with Crippen LogP contribution in [0.4, 0.5) is 0 Å². The summed E-state index contributed by atoms with van der Waals surface area (Å²) >= 11 is 0. The van der Waals surface area contributed by atoms with E-state index in [1.165, 1.54) is 11.1 Å². The van der Waals surface area contributed by atoms with E-state index >= 15 is 0 Å². The molecule has 1 aromatic heterocycles. The number of amides is 1. The Bertz CT molecular complexity index is 925. The van der Waals surface area contributed by atoms with Crippen molar-refractivity contribution >= 4 is 5.91 Å². The van der Waals surface area contributed by atoms with Crippen molar-refractivity contribution in [2.75, 3.05) is 32.8 Å². The summed E-state index contributed by atoms with van der Waals surface area (Å²) in [5.74, 6) is 0.0505. The Morgan fingerprint density at radius 2 is 2.06 bits per heavy atom. The van der Waals surface area contributed by atoms with Gasteiger partial charge in [0.25, 0.3) is 0 Å². The molecule has 1 unspecified atom stereocenters. The number of nitriles is 1. The molecular formula is C24H33N5O2. The maximum absolute atomic E-state index is 12.7. The highest BCUT2D eigenvalue weighted by Gasteiger charge is 2.23. The molecule has 31 heavy (non-hydrogen) atoms. The molecule has 2 aromatic rings. The van der Waals surface area contributed by atoms with Crippen LogP contribution in [0.5, 0.6) is 0 Å². The topological polar surface area (TPSA) is 83.2 Å². The van der Waals surface area contributed by atoms with Gasteiger partial charge in [0.15, 0.2) is 0 Å². The van der Waals surface area contributed by atoms with Crippen molar-refractivity contribution in [3.05, 3.63) is 52.3 Å². The number of rotatable bonds is 9. The zero-order valence-corrected chi connectivity index (χ0v) is 18.9. The van der Waals surface area contributed by atoms with Gasteiger partial charge in [0.1, 0.15) is 0 Å². The number of nitrogens with zero attached hydrogens (tertiary/aromatic N) is 4. The van der Waals surface area contributed by atoms with Crippen molar-refractivity contribution in [3.63, 3.8) is 0 Å². The second kappa shape index (κ2) is 11.1. The molecule has 0 radical (unpaired) electrons. The summed E-state index contributed by atoms with van der Waals surface area (Å²) in [5.41, 5.74) is 5.55. The van der Waals surface area contributed by atoms with Crippen LogP contribution in [0, 0.1) is 32.1 Å². The fraction of sp³-hybridized carbons (Fsp3) is 0.542. The Kier molecular flexibility index (Phi) is 8.21. The molecule has 0 bridgehead atoms.